The summed E-state index contributed by atoms with van der Waals surface area (Å²) in [4.78, 5) is 0. The molecule has 1 spiro atoms. The van der Waals surface area contributed by atoms with Crippen LogP contribution in [0.1, 0.15) is 39.5 Å². The molecular formula is C13H21FO2. The summed E-state index contributed by atoms with van der Waals surface area (Å²) in [7, 11) is 0. The maximum Gasteiger partial charge on any atom is 0.168 e. The van der Waals surface area contributed by atoms with Gasteiger partial charge in [0.25, 0.3) is 0 Å². The lowest BCUT2D eigenvalue weighted by atomic mass is 9.94. The highest BCUT2D eigenvalue weighted by Gasteiger charge is 2.53. The van der Waals surface area contributed by atoms with Crippen LogP contribution >= 0.6 is 0 Å². The van der Waals surface area contributed by atoms with Crippen molar-refractivity contribution in [2.75, 3.05) is 13.2 Å². The van der Waals surface area contributed by atoms with Gasteiger partial charge in [-0.3, -0.25) is 0 Å². The van der Waals surface area contributed by atoms with Crippen molar-refractivity contribution in [3.8, 4) is 0 Å². The normalized spacial score (nSPS) is 44.8. The Hall–Kier alpha value is -0.150. The third-order valence-corrected chi connectivity index (χ3v) is 4.38. The van der Waals surface area contributed by atoms with Crippen LogP contribution in [0.5, 0.6) is 0 Å². The van der Waals surface area contributed by atoms with Crippen LogP contribution in [-0.4, -0.2) is 25.2 Å². The Bertz CT molecular complexity index is 264. The zero-order valence-corrected chi connectivity index (χ0v) is 10.2. The van der Waals surface area contributed by atoms with Gasteiger partial charge in [-0.05, 0) is 24.7 Å². The molecule has 0 radical (unpaired) electrons. The van der Waals surface area contributed by atoms with Crippen LogP contribution < -0.4 is 0 Å². The average molecular weight is 228 g/mol. The van der Waals surface area contributed by atoms with Crippen molar-refractivity contribution in [1.29, 1.82) is 0 Å². The molecular weight excluding hydrogens is 207 g/mol. The zero-order valence-electron chi connectivity index (χ0n) is 10.2. The Morgan fingerprint density at radius 2 is 1.50 bits per heavy atom. The first kappa shape index (κ1) is 11.0. The summed E-state index contributed by atoms with van der Waals surface area (Å²) in [6.07, 6.45) is 2.69. The number of hydrogen-bond donors (Lipinski definition) is 0. The first-order valence-electron chi connectivity index (χ1n) is 6.40. The Balaban J connectivity index is 1.66. The lowest BCUT2D eigenvalue weighted by Gasteiger charge is -2.42. The Labute approximate surface area is 96.5 Å². The molecule has 0 aromatic carbocycles. The highest BCUT2D eigenvalue weighted by atomic mass is 19.1. The number of alkyl halides is 1. The molecule has 3 heteroatoms. The lowest BCUT2D eigenvalue weighted by molar-refractivity contribution is -0.297. The van der Waals surface area contributed by atoms with Gasteiger partial charge < -0.3 is 9.47 Å². The summed E-state index contributed by atoms with van der Waals surface area (Å²) in [6, 6.07) is 0. The van der Waals surface area contributed by atoms with Gasteiger partial charge in [0.2, 0.25) is 0 Å². The van der Waals surface area contributed by atoms with Gasteiger partial charge in [0.1, 0.15) is 6.17 Å². The van der Waals surface area contributed by atoms with Crippen LogP contribution in [0.25, 0.3) is 0 Å². The summed E-state index contributed by atoms with van der Waals surface area (Å²) in [6.45, 7) is 5.86. The van der Waals surface area contributed by atoms with Gasteiger partial charge in [-0.15, -0.1) is 0 Å². The minimum atomic E-state index is -0.576. The minimum Gasteiger partial charge on any atom is -0.349 e. The highest BCUT2D eigenvalue weighted by Crippen LogP contribution is 2.53. The molecule has 3 rings (SSSR count). The second-order valence-corrected chi connectivity index (χ2v) is 6.65. The van der Waals surface area contributed by atoms with Gasteiger partial charge in [-0.1, -0.05) is 13.8 Å². The number of halogens is 1. The van der Waals surface area contributed by atoms with Crippen LogP contribution in [0.2, 0.25) is 0 Å². The summed E-state index contributed by atoms with van der Waals surface area (Å²) in [5, 5.41) is 0. The van der Waals surface area contributed by atoms with E-state index in [4.69, 9.17) is 9.47 Å². The number of ether oxygens (including phenoxy) is 2. The van der Waals surface area contributed by atoms with Crippen molar-refractivity contribution in [2.24, 2.45) is 17.3 Å². The SMILES string of the molecule is CC1(C)COC2(C[C@H]3CC(F)C[C@H]3C2)OC1. The first-order valence-corrected chi connectivity index (χ1v) is 6.40. The molecule has 3 aliphatic rings. The smallest absolute Gasteiger partial charge is 0.168 e. The quantitative estimate of drug-likeness (QED) is 0.634. The summed E-state index contributed by atoms with van der Waals surface area (Å²) in [5.74, 6) is 0.637. The van der Waals surface area contributed by atoms with E-state index in [1.807, 2.05) is 0 Å². The van der Waals surface area contributed by atoms with Crippen LogP contribution in [0.15, 0.2) is 0 Å². The number of fused-ring (bicyclic) bond motifs is 1. The van der Waals surface area contributed by atoms with Crippen molar-refractivity contribution in [1.82, 2.24) is 0 Å². The molecule has 16 heavy (non-hydrogen) atoms. The van der Waals surface area contributed by atoms with E-state index in [1.165, 1.54) is 0 Å². The molecule has 0 aromatic heterocycles. The molecule has 3 atom stereocenters. The summed E-state index contributed by atoms with van der Waals surface area (Å²) >= 11 is 0. The van der Waals surface area contributed by atoms with E-state index in [0.29, 0.717) is 11.8 Å². The van der Waals surface area contributed by atoms with Gasteiger partial charge in [0.05, 0.1) is 13.2 Å². The maximum absolute atomic E-state index is 13.2. The monoisotopic (exact) mass is 228 g/mol. The number of hydrogen-bond acceptors (Lipinski definition) is 2. The van der Waals surface area contributed by atoms with Gasteiger partial charge in [0, 0.05) is 18.3 Å². The van der Waals surface area contributed by atoms with Gasteiger partial charge >= 0.3 is 0 Å². The average Bonchev–Trinajstić information content (AvgIpc) is 2.66. The fraction of sp³-hybridized carbons (Fsp3) is 1.00. The van der Waals surface area contributed by atoms with Crippen molar-refractivity contribution >= 4 is 0 Å². The number of rotatable bonds is 0. The molecule has 0 N–H and O–H groups in total. The Kier molecular flexibility index (Phi) is 2.35. The van der Waals surface area contributed by atoms with Gasteiger partial charge in [-0.25, -0.2) is 4.39 Å². The topological polar surface area (TPSA) is 18.5 Å². The predicted octanol–water partition coefficient (Wildman–Crippen LogP) is 2.91. The van der Waals surface area contributed by atoms with E-state index in [9.17, 15) is 4.39 Å². The third-order valence-electron chi connectivity index (χ3n) is 4.38. The Morgan fingerprint density at radius 1 is 1.00 bits per heavy atom. The van der Waals surface area contributed by atoms with E-state index in [0.717, 1.165) is 38.9 Å². The maximum atomic E-state index is 13.2. The predicted molar refractivity (Wildman–Crippen MR) is 58.8 cm³/mol. The van der Waals surface area contributed by atoms with Gasteiger partial charge in [-0.2, -0.15) is 0 Å². The third kappa shape index (κ3) is 1.78. The van der Waals surface area contributed by atoms with Crippen LogP contribution in [0.4, 0.5) is 4.39 Å². The van der Waals surface area contributed by atoms with E-state index in [1.54, 1.807) is 0 Å². The highest BCUT2D eigenvalue weighted by molar-refractivity contribution is 4.98. The fourth-order valence-electron chi connectivity index (χ4n) is 3.49. The molecule has 92 valence electrons. The molecule has 2 saturated carbocycles. The molecule has 2 aliphatic carbocycles. The molecule has 1 saturated heterocycles. The van der Waals surface area contributed by atoms with Crippen LogP contribution in [-0.2, 0) is 9.47 Å². The van der Waals surface area contributed by atoms with Gasteiger partial charge in [0.15, 0.2) is 5.79 Å². The fourth-order valence-corrected chi connectivity index (χ4v) is 3.49. The van der Waals surface area contributed by atoms with Crippen LogP contribution in [0.3, 0.4) is 0 Å². The lowest BCUT2D eigenvalue weighted by Crippen LogP contribution is -2.46. The van der Waals surface area contributed by atoms with E-state index >= 15 is 0 Å². The Morgan fingerprint density at radius 3 is 2.00 bits per heavy atom. The molecule has 1 unspecified atom stereocenters. The largest absolute Gasteiger partial charge is 0.349 e. The minimum absolute atomic E-state index is 0.131. The molecule has 1 aliphatic heterocycles. The van der Waals surface area contributed by atoms with Crippen LogP contribution in [0, 0.1) is 17.3 Å². The van der Waals surface area contributed by atoms with Crippen molar-refractivity contribution < 1.29 is 13.9 Å². The van der Waals surface area contributed by atoms with Crippen molar-refractivity contribution in [3.63, 3.8) is 0 Å². The molecule has 2 nitrogen and oxygen atoms in total. The van der Waals surface area contributed by atoms with E-state index < -0.39 is 6.17 Å². The van der Waals surface area contributed by atoms with E-state index in [-0.39, 0.29) is 11.2 Å². The standard InChI is InChI=1S/C13H21FO2/c1-12(2)7-15-13(16-8-12)5-9-3-11(14)4-10(9)6-13/h9-11H,3-8H2,1-2H3/t9-,10+,11?. The molecule has 3 fully saturated rings. The summed E-state index contributed by atoms with van der Waals surface area (Å²) < 4.78 is 25.2. The van der Waals surface area contributed by atoms with Crippen molar-refractivity contribution in [2.45, 2.75) is 51.5 Å². The first-order chi connectivity index (χ1) is 7.48. The molecule has 1 heterocycles. The second kappa shape index (κ2) is 3.42. The summed E-state index contributed by atoms with van der Waals surface area (Å²) in [5.41, 5.74) is 0.131. The second-order valence-electron chi connectivity index (χ2n) is 6.65. The van der Waals surface area contributed by atoms with Crippen molar-refractivity contribution in [3.05, 3.63) is 0 Å². The molecule has 0 aromatic rings. The van der Waals surface area contributed by atoms with E-state index in [2.05, 4.69) is 13.8 Å². The molecule has 0 bridgehead atoms. The molecule has 0 amide bonds. The zero-order chi connectivity index (χ0) is 11.4.